The summed E-state index contributed by atoms with van der Waals surface area (Å²) in [5.41, 5.74) is 0. The molecule has 0 bridgehead atoms. The lowest BCUT2D eigenvalue weighted by Crippen LogP contribution is -2.37. The van der Waals surface area contributed by atoms with Gasteiger partial charge in [0.25, 0.3) is 0 Å². The monoisotopic (exact) mass is 228 g/mol. The summed E-state index contributed by atoms with van der Waals surface area (Å²) in [7, 11) is 0. The van der Waals surface area contributed by atoms with Crippen LogP contribution in [0.4, 0.5) is 0 Å². The Labute approximate surface area is 98.2 Å². The summed E-state index contributed by atoms with van der Waals surface area (Å²) in [5.74, 6) is 3.63. The number of hydrogen-bond donors (Lipinski definition) is 1. The van der Waals surface area contributed by atoms with Gasteiger partial charge in [0, 0.05) is 18.3 Å². The van der Waals surface area contributed by atoms with E-state index >= 15 is 0 Å². The highest BCUT2D eigenvalue weighted by molar-refractivity contribution is 7.99. The normalized spacial score (nSPS) is 33.4. The van der Waals surface area contributed by atoms with Crippen molar-refractivity contribution in [3.63, 3.8) is 0 Å². The highest BCUT2D eigenvalue weighted by atomic mass is 32.2. The third-order valence-corrected chi connectivity index (χ3v) is 4.89. The second kappa shape index (κ2) is 6.12. The standard InChI is InChI=1S/C12H24N2S/c1-2-14-6-5-11(9-14)8-13-12-4-3-7-15-10-12/h11-13H,2-10H2,1H3. The van der Waals surface area contributed by atoms with Crippen molar-refractivity contribution in [2.75, 3.05) is 37.7 Å². The van der Waals surface area contributed by atoms with Gasteiger partial charge in [-0.15, -0.1) is 0 Å². The summed E-state index contributed by atoms with van der Waals surface area (Å²) in [6, 6.07) is 0.805. The zero-order valence-electron chi connectivity index (χ0n) is 9.87. The molecule has 0 saturated carbocycles. The van der Waals surface area contributed by atoms with E-state index in [1.54, 1.807) is 0 Å². The molecule has 2 aliphatic heterocycles. The maximum Gasteiger partial charge on any atom is 0.0158 e. The Morgan fingerprint density at radius 1 is 1.40 bits per heavy atom. The average molecular weight is 228 g/mol. The van der Waals surface area contributed by atoms with Gasteiger partial charge in [0.1, 0.15) is 0 Å². The first-order chi connectivity index (χ1) is 7.38. The highest BCUT2D eigenvalue weighted by Crippen LogP contribution is 2.19. The van der Waals surface area contributed by atoms with E-state index in [2.05, 4.69) is 28.9 Å². The zero-order valence-corrected chi connectivity index (χ0v) is 10.7. The fraction of sp³-hybridized carbons (Fsp3) is 1.00. The summed E-state index contributed by atoms with van der Waals surface area (Å²) in [4.78, 5) is 2.57. The first-order valence-corrected chi connectivity index (χ1v) is 7.57. The topological polar surface area (TPSA) is 15.3 Å². The lowest BCUT2D eigenvalue weighted by atomic mass is 10.1. The van der Waals surface area contributed by atoms with Crippen LogP contribution in [0.1, 0.15) is 26.2 Å². The zero-order chi connectivity index (χ0) is 10.5. The van der Waals surface area contributed by atoms with Gasteiger partial charge in [-0.3, -0.25) is 0 Å². The van der Waals surface area contributed by atoms with Crippen LogP contribution in [0.15, 0.2) is 0 Å². The number of rotatable bonds is 4. The molecule has 2 fully saturated rings. The second-order valence-electron chi connectivity index (χ2n) is 4.87. The molecule has 2 rings (SSSR count). The molecule has 1 N–H and O–H groups in total. The van der Waals surface area contributed by atoms with E-state index in [-0.39, 0.29) is 0 Å². The van der Waals surface area contributed by atoms with E-state index in [4.69, 9.17) is 0 Å². The number of hydrogen-bond acceptors (Lipinski definition) is 3. The Bertz CT molecular complexity index is 180. The molecule has 0 aromatic carbocycles. The Morgan fingerprint density at radius 2 is 2.33 bits per heavy atom. The molecule has 2 heterocycles. The number of nitrogens with one attached hydrogen (secondary N) is 1. The van der Waals surface area contributed by atoms with Crippen molar-refractivity contribution < 1.29 is 0 Å². The van der Waals surface area contributed by atoms with Crippen LogP contribution in [0, 0.1) is 5.92 Å². The molecular formula is C12H24N2S. The quantitative estimate of drug-likeness (QED) is 0.790. The Balaban J connectivity index is 1.61. The predicted molar refractivity (Wildman–Crippen MR) is 68.6 cm³/mol. The van der Waals surface area contributed by atoms with Gasteiger partial charge in [0.05, 0.1) is 0 Å². The van der Waals surface area contributed by atoms with Crippen molar-refractivity contribution >= 4 is 11.8 Å². The molecule has 3 heteroatoms. The van der Waals surface area contributed by atoms with Crippen molar-refractivity contribution in [3.8, 4) is 0 Å². The van der Waals surface area contributed by atoms with E-state index in [0.29, 0.717) is 0 Å². The molecule has 0 radical (unpaired) electrons. The van der Waals surface area contributed by atoms with Crippen LogP contribution in [0.5, 0.6) is 0 Å². The van der Waals surface area contributed by atoms with Crippen LogP contribution >= 0.6 is 11.8 Å². The first-order valence-electron chi connectivity index (χ1n) is 6.42. The van der Waals surface area contributed by atoms with Gasteiger partial charge < -0.3 is 10.2 Å². The van der Waals surface area contributed by atoms with Crippen molar-refractivity contribution in [2.45, 2.75) is 32.2 Å². The van der Waals surface area contributed by atoms with Crippen LogP contribution in [-0.2, 0) is 0 Å². The van der Waals surface area contributed by atoms with E-state index in [0.717, 1.165) is 12.0 Å². The lowest BCUT2D eigenvalue weighted by molar-refractivity contribution is 0.334. The summed E-state index contributed by atoms with van der Waals surface area (Å²) in [6.07, 6.45) is 4.21. The van der Waals surface area contributed by atoms with E-state index in [1.807, 2.05) is 0 Å². The van der Waals surface area contributed by atoms with E-state index in [1.165, 1.54) is 56.9 Å². The van der Waals surface area contributed by atoms with Crippen molar-refractivity contribution in [1.82, 2.24) is 10.2 Å². The summed E-state index contributed by atoms with van der Waals surface area (Å²) >= 11 is 2.12. The maximum atomic E-state index is 3.76. The predicted octanol–water partition coefficient (Wildman–Crippen LogP) is 1.81. The summed E-state index contributed by atoms with van der Waals surface area (Å²) in [5, 5.41) is 3.76. The van der Waals surface area contributed by atoms with Crippen LogP contribution in [0.2, 0.25) is 0 Å². The maximum absolute atomic E-state index is 3.76. The molecule has 0 aliphatic carbocycles. The molecule has 2 atom stereocenters. The Kier molecular flexibility index (Phi) is 4.79. The molecule has 88 valence electrons. The number of thioether (sulfide) groups is 1. The molecule has 2 saturated heterocycles. The Hall–Kier alpha value is 0.270. The molecule has 0 spiro atoms. The minimum Gasteiger partial charge on any atom is -0.313 e. The van der Waals surface area contributed by atoms with Gasteiger partial charge >= 0.3 is 0 Å². The van der Waals surface area contributed by atoms with E-state index in [9.17, 15) is 0 Å². The third kappa shape index (κ3) is 3.65. The summed E-state index contributed by atoms with van der Waals surface area (Å²) < 4.78 is 0. The number of likely N-dealkylation sites (tertiary alicyclic amines) is 1. The van der Waals surface area contributed by atoms with Gasteiger partial charge in [-0.2, -0.15) is 11.8 Å². The van der Waals surface area contributed by atoms with Gasteiger partial charge in [0.2, 0.25) is 0 Å². The molecule has 0 aromatic rings. The van der Waals surface area contributed by atoms with Crippen LogP contribution < -0.4 is 5.32 Å². The fourth-order valence-corrected chi connectivity index (χ4v) is 3.71. The second-order valence-corrected chi connectivity index (χ2v) is 6.02. The Morgan fingerprint density at radius 3 is 3.00 bits per heavy atom. The molecule has 0 aromatic heterocycles. The minimum atomic E-state index is 0.805. The number of nitrogens with zero attached hydrogens (tertiary/aromatic N) is 1. The van der Waals surface area contributed by atoms with Gasteiger partial charge in [-0.25, -0.2) is 0 Å². The fourth-order valence-electron chi connectivity index (χ4n) is 2.60. The molecule has 2 unspecified atom stereocenters. The SMILES string of the molecule is CCN1CCC(CNC2CCCSC2)C1. The molecule has 0 amide bonds. The van der Waals surface area contributed by atoms with Crippen LogP contribution in [0.25, 0.3) is 0 Å². The van der Waals surface area contributed by atoms with Crippen molar-refractivity contribution in [1.29, 1.82) is 0 Å². The van der Waals surface area contributed by atoms with Crippen LogP contribution in [0.3, 0.4) is 0 Å². The van der Waals surface area contributed by atoms with Gasteiger partial charge in [-0.05, 0) is 50.6 Å². The highest BCUT2D eigenvalue weighted by Gasteiger charge is 2.22. The van der Waals surface area contributed by atoms with Crippen molar-refractivity contribution in [2.24, 2.45) is 5.92 Å². The largest absolute Gasteiger partial charge is 0.313 e. The third-order valence-electron chi connectivity index (χ3n) is 3.67. The van der Waals surface area contributed by atoms with Crippen molar-refractivity contribution in [3.05, 3.63) is 0 Å². The molecule has 2 nitrogen and oxygen atoms in total. The smallest absolute Gasteiger partial charge is 0.0158 e. The average Bonchev–Trinajstić information content (AvgIpc) is 2.76. The minimum absolute atomic E-state index is 0.805. The van der Waals surface area contributed by atoms with Gasteiger partial charge in [0.15, 0.2) is 0 Å². The van der Waals surface area contributed by atoms with Crippen LogP contribution in [-0.4, -0.2) is 48.6 Å². The molecular weight excluding hydrogens is 204 g/mol. The first kappa shape index (κ1) is 11.7. The summed E-state index contributed by atoms with van der Waals surface area (Å²) in [6.45, 7) is 7.40. The van der Waals surface area contributed by atoms with E-state index < -0.39 is 0 Å². The van der Waals surface area contributed by atoms with Gasteiger partial charge in [-0.1, -0.05) is 6.92 Å². The molecule has 2 aliphatic rings. The lowest BCUT2D eigenvalue weighted by Gasteiger charge is -2.24. The molecule has 15 heavy (non-hydrogen) atoms.